The average Bonchev–Trinajstić information content (AvgIpc) is 3.02. The van der Waals surface area contributed by atoms with E-state index in [9.17, 15) is 5.11 Å². The molecule has 1 aliphatic heterocycles. The summed E-state index contributed by atoms with van der Waals surface area (Å²) in [6.07, 6.45) is 4.44. The van der Waals surface area contributed by atoms with E-state index in [-0.39, 0.29) is 25.5 Å². The van der Waals surface area contributed by atoms with Crippen molar-refractivity contribution < 1.29 is 14.9 Å². The maximum absolute atomic E-state index is 9.41. The third kappa shape index (κ3) is 2.10. The van der Waals surface area contributed by atoms with Crippen LogP contribution in [0, 0.1) is 0 Å². The monoisotopic (exact) mass is 283 g/mol. The highest BCUT2D eigenvalue weighted by Gasteiger charge is 2.28. The lowest BCUT2D eigenvalue weighted by atomic mass is 10.2. The minimum absolute atomic E-state index is 0.0122. The molecule has 1 fully saturated rings. The van der Waals surface area contributed by atoms with E-state index >= 15 is 0 Å². The van der Waals surface area contributed by atoms with Gasteiger partial charge in [-0.3, -0.25) is 0 Å². The van der Waals surface area contributed by atoms with E-state index in [2.05, 4.69) is 9.97 Å². The van der Waals surface area contributed by atoms with Crippen molar-refractivity contribution in [2.24, 2.45) is 0 Å². The van der Waals surface area contributed by atoms with Crippen LogP contribution < -0.4 is 0 Å². The zero-order chi connectivity index (χ0) is 13.4. The van der Waals surface area contributed by atoms with Crippen molar-refractivity contribution in [1.29, 1.82) is 0 Å². The Kier molecular flexibility index (Phi) is 3.40. The fraction of sp³-hybridized carbons (Fsp3) is 0.500. The number of aromatic nitrogens is 3. The zero-order valence-corrected chi connectivity index (χ0v) is 10.9. The third-order valence-electron chi connectivity index (χ3n) is 3.41. The van der Waals surface area contributed by atoms with Crippen molar-refractivity contribution in [2.75, 3.05) is 6.61 Å². The summed E-state index contributed by atoms with van der Waals surface area (Å²) in [6.45, 7) is -0.120. The van der Waals surface area contributed by atoms with Crippen LogP contribution in [-0.4, -0.2) is 37.5 Å². The van der Waals surface area contributed by atoms with Crippen LogP contribution in [-0.2, 0) is 11.3 Å². The molecule has 3 rings (SSSR count). The van der Waals surface area contributed by atoms with Gasteiger partial charge in [-0.15, -0.1) is 0 Å². The molecule has 102 valence electrons. The zero-order valence-electron chi connectivity index (χ0n) is 10.2. The van der Waals surface area contributed by atoms with E-state index in [0.717, 1.165) is 12.8 Å². The first kappa shape index (κ1) is 12.8. The molecule has 0 bridgehead atoms. The van der Waals surface area contributed by atoms with Crippen molar-refractivity contribution in [3.8, 4) is 0 Å². The smallest absolute Gasteiger partial charge is 0.147 e. The lowest BCUT2D eigenvalue weighted by molar-refractivity contribution is -0.0205. The molecule has 0 radical (unpaired) electrons. The minimum atomic E-state index is -0.189. The number of aliphatic hydroxyl groups is 2. The second-order valence-corrected chi connectivity index (χ2v) is 4.91. The SMILES string of the molecule is OCc1cn([C@H]2CC[C@@H](CO)O2)c2ncnc(Cl)c12. The Morgan fingerprint density at radius 1 is 1.37 bits per heavy atom. The van der Waals surface area contributed by atoms with Gasteiger partial charge in [-0.1, -0.05) is 11.6 Å². The largest absolute Gasteiger partial charge is 0.394 e. The van der Waals surface area contributed by atoms with Gasteiger partial charge < -0.3 is 19.5 Å². The average molecular weight is 284 g/mol. The normalized spacial score (nSPS) is 23.3. The molecule has 3 heterocycles. The summed E-state index contributed by atoms with van der Waals surface area (Å²) in [7, 11) is 0. The van der Waals surface area contributed by atoms with Gasteiger partial charge in [0.05, 0.1) is 24.7 Å². The maximum Gasteiger partial charge on any atom is 0.147 e. The third-order valence-corrected chi connectivity index (χ3v) is 3.70. The predicted molar refractivity (Wildman–Crippen MR) is 68.7 cm³/mol. The number of fused-ring (bicyclic) bond motifs is 1. The Balaban J connectivity index is 2.07. The summed E-state index contributed by atoms with van der Waals surface area (Å²) >= 11 is 6.06. The molecule has 2 aromatic rings. The molecule has 0 saturated carbocycles. The number of hydrogen-bond donors (Lipinski definition) is 2. The Morgan fingerprint density at radius 2 is 2.21 bits per heavy atom. The van der Waals surface area contributed by atoms with Crippen molar-refractivity contribution >= 4 is 22.6 Å². The molecular formula is C12H14ClN3O3. The number of rotatable bonds is 3. The van der Waals surface area contributed by atoms with Gasteiger partial charge in [-0.25, -0.2) is 9.97 Å². The predicted octanol–water partition coefficient (Wildman–Crippen LogP) is 1.25. The molecule has 1 aliphatic rings. The second-order valence-electron chi connectivity index (χ2n) is 4.56. The Morgan fingerprint density at radius 3 is 2.89 bits per heavy atom. The number of ether oxygens (including phenoxy) is 1. The summed E-state index contributed by atoms with van der Waals surface area (Å²) in [5.41, 5.74) is 1.32. The molecule has 6 nitrogen and oxygen atoms in total. The molecule has 0 amide bonds. The van der Waals surface area contributed by atoms with Gasteiger partial charge in [0.15, 0.2) is 0 Å². The van der Waals surface area contributed by atoms with Gasteiger partial charge in [0.1, 0.15) is 23.4 Å². The van der Waals surface area contributed by atoms with E-state index < -0.39 is 0 Å². The van der Waals surface area contributed by atoms with Crippen molar-refractivity contribution in [1.82, 2.24) is 14.5 Å². The van der Waals surface area contributed by atoms with Crippen LogP contribution in [0.25, 0.3) is 11.0 Å². The van der Waals surface area contributed by atoms with Crippen molar-refractivity contribution in [2.45, 2.75) is 31.8 Å². The molecule has 0 spiro atoms. The van der Waals surface area contributed by atoms with Crippen molar-refractivity contribution in [3.05, 3.63) is 23.2 Å². The lowest BCUT2D eigenvalue weighted by Crippen LogP contribution is -2.14. The molecule has 1 saturated heterocycles. The van der Waals surface area contributed by atoms with Crippen LogP contribution in [0.2, 0.25) is 5.15 Å². The van der Waals surface area contributed by atoms with Crippen LogP contribution in [0.4, 0.5) is 0 Å². The van der Waals surface area contributed by atoms with E-state index in [1.54, 1.807) is 6.20 Å². The standard InChI is InChI=1S/C12H14ClN3O3/c13-11-10-7(4-17)3-16(12(10)15-6-14-11)9-2-1-8(5-18)19-9/h3,6,8-9,17-18H,1-2,4-5H2/t8-,9+/m0/s1. The molecule has 0 aliphatic carbocycles. The van der Waals surface area contributed by atoms with Crippen LogP contribution in [0.5, 0.6) is 0 Å². The van der Waals surface area contributed by atoms with Gasteiger partial charge in [0.25, 0.3) is 0 Å². The van der Waals surface area contributed by atoms with E-state index in [4.69, 9.17) is 21.4 Å². The fourth-order valence-electron chi connectivity index (χ4n) is 2.49. The van der Waals surface area contributed by atoms with Crippen LogP contribution in [0.15, 0.2) is 12.5 Å². The van der Waals surface area contributed by atoms with Gasteiger partial charge in [-0.2, -0.15) is 0 Å². The van der Waals surface area contributed by atoms with Crippen LogP contribution in [0.1, 0.15) is 24.6 Å². The Bertz CT molecular complexity index is 601. The Hall–Kier alpha value is -1.21. The van der Waals surface area contributed by atoms with E-state index in [0.29, 0.717) is 21.7 Å². The molecule has 2 aromatic heterocycles. The van der Waals surface area contributed by atoms with E-state index in [1.165, 1.54) is 6.33 Å². The maximum atomic E-state index is 9.41. The lowest BCUT2D eigenvalue weighted by Gasteiger charge is -2.14. The highest BCUT2D eigenvalue weighted by atomic mass is 35.5. The fourth-order valence-corrected chi connectivity index (χ4v) is 2.74. The highest BCUT2D eigenvalue weighted by Crippen LogP contribution is 2.34. The summed E-state index contributed by atoms with van der Waals surface area (Å²) < 4.78 is 7.58. The minimum Gasteiger partial charge on any atom is -0.394 e. The van der Waals surface area contributed by atoms with Gasteiger partial charge in [-0.05, 0) is 12.8 Å². The summed E-state index contributed by atoms with van der Waals surface area (Å²) in [5, 5.41) is 19.5. The number of aliphatic hydroxyl groups excluding tert-OH is 2. The molecule has 19 heavy (non-hydrogen) atoms. The number of halogens is 1. The summed E-state index contributed by atoms with van der Waals surface area (Å²) in [5.74, 6) is 0. The topological polar surface area (TPSA) is 80.4 Å². The first-order valence-electron chi connectivity index (χ1n) is 6.11. The number of nitrogens with zero attached hydrogens (tertiary/aromatic N) is 3. The quantitative estimate of drug-likeness (QED) is 0.829. The van der Waals surface area contributed by atoms with E-state index in [1.807, 2.05) is 4.57 Å². The van der Waals surface area contributed by atoms with Gasteiger partial charge in [0.2, 0.25) is 0 Å². The molecule has 0 unspecified atom stereocenters. The molecule has 7 heteroatoms. The first-order valence-corrected chi connectivity index (χ1v) is 6.49. The highest BCUT2D eigenvalue weighted by molar-refractivity contribution is 6.34. The summed E-state index contributed by atoms with van der Waals surface area (Å²) in [4.78, 5) is 8.16. The first-order chi connectivity index (χ1) is 9.24. The molecule has 2 N–H and O–H groups in total. The molecular weight excluding hydrogens is 270 g/mol. The summed E-state index contributed by atoms with van der Waals surface area (Å²) in [6, 6.07) is 0. The van der Waals surface area contributed by atoms with Crippen molar-refractivity contribution in [3.63, 3.8) is 0 Å². The second kappa shape index (κ2) is 5.05. The molecule has 2 atom stereocenters. The van der Waals surface area contributed by atoms with Crippen LogP contribution in [0.3, 0.4) is 0 Å². The number of hydrogen-bond acceptors (Lipinski definition) is 5. The van der Waals surface area contributed by atoms with Gasteiger partial charge >= 0.3 is 0 Å². The molecule has 0 aromatic carbocycles. The van der Waals surface area contributed by atoms with Crippen LogP contribution >= 0.6 is 11.6 Å². The Labute approximate surface area is 114 Å². The van der Waals surface area contributed by atoms with Gasteiger partial charge in [0, 0.05) is 11.8 Å².